The number of rotatable bonds is 6. The highest BCUT2D eigenvalue weighted by atomic mass is 127. The van der Waals surface area contributed by atoms with Gasteiger partial charge in [-0.2, -0.15) is 0 Å². The number of nitrogens with zero attached hydrogens (tertiary/aromatic N) is 1. The van der Waals surface area contributed by atoms with E-state index in [1.165, 1.54) is 5.56 Å². The molecule has 0 aliphatic rings. The lowest BCUT2D eigenvalue weighted by Crippen LogP contribution is -2.39. The van der Waals surface area contributed by atoms with Crippen molar-refractivity contribution < 1.29 is 5.11 Å². The smallest absolute Gasteiger partial charge is 0.190 e. The molecule has 0 radical (unpaired) electrons. The summed E-state index contributed by atoms with van der Waals surface area (Å²) in [6, 6.07) is 7.38. The number of hydrogen-bond donors (Lipinski definition) is 3. The van der Waals surface area contributed by atoms with E-state index in [0.29, 0.717) is 11.7 Å². The topological polar surface area (TPSA) is 56.7 Å². The van der Waals surface area contributed by atoms with Crippen molar-refractivity contribution in [3.8, 4) is 5.75 Å². The quantitative estimate of drug-likeness (QED) is 0.303. The first-order valence-corrected chi connectivity index (χ1v) is 6.84. The lowest BCUT2D eigenvalue weighted by molar-refractivity contribution is 0.475. The van der Waals surface area contributed by atoms with Crippen LogP contribution in [0.25, 0.3) is 0 Å². The number of phenols is 1. The third-order valence-corrected chi connectivity index (χ3v) is 2.77. The number of aliphatic imine (C=N–C) groups is 1. The molecule has 0 saturated heterocycles. The van der Waals surface area contributed by atoms with E-state index in [2.05, 4.69) is 29.5 Å². The predicted octanol–water partition coefficient (Wildman–Crippen LogP) is 2.76. The molecule has 5 heteroatoms. The van der Waals surface area contributed by atoms with Crippen molar-refractivity contribution >= 4 is 29.9 Å². The summed E-state index contributed by atoms with van der Waals surface area (Å²) < 4.78 is 0. The van der Waals surface area contributed by atoms with Crippen LogP contribution >= 0.6 is 24.0 Å². The number of nitrogens with one attached hydrogen (secondary N) is 2. The summed E-state index contributed by atoms with van der Waals surface area (Å²) in [5.74, 6) is 1.79. The molecule has 0 aromatic heterocycles. The number of phenolic OH excluding ortho intramolecular Hbond substituents is 1. The Morgan fingerprint density at radius 1 is 1.20 bits per heavy atom. The summed E-state index contributed by atoms with van der Waals surface area (Å²) in [6.45, 7) is 6.16. The molecule has 0 fully saturated rings. The zero-order valence-corrected chi connectivity index (χ0v) is 14.8. The molecular formula is C15H26IN3O. The lowest BCUT2D eigenvalue weighted by atomic mass is 10.1. The number of halogens is 1. The predicted molar refractivity (Wildman–Crippen MR) is 96.0 cm³/mol. The minimum Gasteiger partial charge on any atom is -0.508 e. The van der Waals surface area contributed by atoms with Crippen LogP contribution in [0.15, 0.2) is 29.3 Å². The summed E-state index contributed by atoms with van der Waals surface area (Å²) in [7, 11) is 1.79. The van der Waals surface area contributed by atoms with E-state index in [1.54, 1.807) is 19.2 Å². The lowest BCUT2D eigenvalue weighted by Gasteiger charge is -2.13. The maximum atomic E-state index is 9.20. The van der Waals surface area contributed by atoms with Crippen molar-refractivity contribution in [3.05, 3.63) is 29.8 Å². The number of hydrogen-bond acceptors (Lipinski definition) is 2. The highest BCUT2D eigenvalue weighted by molar-refractivity contribution is 14.0. The summed E-state index contributed by atoms with van der Waals surface area (Å²) >= 11 is 0. The van der Waals surface area contributed by atoms with Gasteiger partial charge in [-0.05, 0) is 36.5 Å². The van der Waals surface area contributed by atoms with Crippen LogP contribution in [0.1, 0.15) is 25.8 Å². The molecule has 0 aliphatic carbocycles. The zero-order chi connectivity index (χ0) is 14.1. The third-order valence-electron chi connectivity index (χ3n) is 2.77. The van der Waals surface area contributed by atoms with Crippen molar-refractivity contribution in [2.24, 2.45) is 10.9 Å². The van der Waals surface area contributed by atoms with Gasteiger partial charge in [0.15, 0.2) is 5.96 Å². The van der Waals surface area contributed by atoms with Crippen LogP contribution in [0.3, 0.4) is 0 Å². The van der Waals surface area contributed by atoms with Crippen molar-refractivity contribution in [2.75, 3.05) is 20.1 Å². The van der Waals surface area contributed by atoms with Gasteiger partial charge in [0.05, 0.1) is 0 Å². The highest BCUT2D eigenvalue weighted by Crippen LogP contribution is 2.10. The average molecular weight is 391 g/mol. The van der Waals surface area contributed by atoms with Gasteiger partial charge in [-0.15, -0.1) is 24.0 Å². The zero-order valence-electron chi connectivity index (χ0n) is 12.5. The minimum atomic E-state index is 0. The molecule has 0 aliphatic heterocycles. The van der Waals surface area contributed by atoms with Crippen LogP contribution in [0.5, 0.6) is 5.75 Å². The second kappa shape index (κ2) is 10.8. The first kappa shape index (κ1) is 19.0. The monoisotopic (exact) mass is 391 g/mol. The van der Waals surface area contributed by atoms with E-state index in [9.17, 15) is 5.11 Å². The van der Waals surface area contributed by atoms with Crippen LogP contribution < -0.4 is 10.6 Å². The molecule has 0 spiro atoms. The van der Waals surface area contributed by atoms with Crippen LogP contribution in [-0.2, 0) is 6.42 Å². The van der Waals surface area contributed by atoms with E-state index in [-0.39, 0.29) is 24.0 Å². The van der Waals surface area contributed by atoms with Crippen molar-refractivity contribution in [1.82, 2.24) is 10.6 Å². The molecule has 0 atom stereocenters. The molecule has 0 saturated carbocycles. The summed E-state index contributed by atoms with van der Waals surface area (Å²) in [5, 5.41) is 15.8. The van der Waals surface area contributed by atoms with Gasteiger partial charge in [0.25, 0.3) is 0 Å². The van der Waals surface area contributed by atoms with E-state index in [1.807, 2.05) is 12.1 Å². The van der Waals surface area contributed by atoms with Gasteiger partial charge >= 0.3 is 0 Å². The van der Waals surface area contributed by atoms with E-state index in [0.717, 1.165) is 31.9 Å². The van der Waals surface area contributed by atoms with Crippen LogP contribution in [0.2, 0.25) is 0 Å². The SMILES string of the molecule is CN=C(NCCCc1ccc(O)cc1)NCC(C)C.I. The highest BCUT2D eigenvalue weighted by Gasteiger charge is 1.99. The average Bonchev–Trinajstić information content (AvgIpc) is 2.40. The first-order valence-electron chi connectivity index (χ1n) is 6.84. The number of aryl methyl sites for hydroxylation is 1. The minimum absolute atomic E-state index is 0. The molecule has 1 aromatic rings. The number of benzene rings is 1. The van der Waals surface area contributed by atoms with Gasteiger partial charge in [-0.25, -0.2) is 0 Å². The molecule has 0 heterocycles. The Bertz CT molecular complexity index is 391. The standard InChI is InChI=1S/C15H25N3O.HI/c1-12(2)11-18-15(16-3)17-10-4-5-13-6-8-14(19)9-7-13;/h6-9,12,19H,4-5,10-11H2,1-3H3,(H2,16,17,18);1H. The Balaban J connectivity index is 0.00000361. The van der Waals surface area contributed by atoms with E-state index >= 15 is 0 Å². The molecule has 0 amide bonds. The van der Waals surface area contributed by atoms with Gasteiger partial charge < -0.3 is 15.7 Å². The fraction of sp³-hybridized carbons (Fsp3) is 0.533. The normalized spacial score (nSPS) is 11.1. The second-order valence-corrected chi connectivity index (χ2v) is 5.04. The molecule has 1 rings (SSSR count). The molecule has 3 N–H and O–H groups in total. The molecular weight excluding hydrogens is 365 g/mol. The number of aromatic hydroxyl groups is 1. The first-order chi connectivity index (χ1) is 9.11. The van der Waals surface area contributed by atoms with Gasteiger partial charge in [0, 0.05) is 20.1 Å². The second-order valence-electron chi connectivity index (χ2n) is 5.04. The Hall–Kier alpha value is -0.980. The molecule has 0 unspecified atom stereocenters. The van der Waals surface area contributed by atoms with Crippen molar-refractivity contribution in [2.45, 2.75) is 26.7 Å². The van der Waals surface area contributed by atoms with Gasteiger partial charge in [0.1, 0.15) is 5.75 Å². The van der Waals surface area contributed by atoms with Gasteiger partial charge in [-0.3, -0.25) is 4.99 Å². The summed E-state index contributed by atoms with van der Waals surface area (Å²) in [6.07, 6.45) is 2.03. The van der Waals surface area contributed by atoms with Crippen LogP contribution in [0.4, 0.5) is 0 Å². The fourth-order valence-electron chi connectivity index (χ4n) is 1.68. The Labute approximate surface area is 139 Å². The molecule has 1 aromatic carbocycles. The third kappa shape index (κ3) is 8.24. The van der Waals surface area contributed by atoms with E-state index in [4.69, 9.17) is 0 Å². The van der Waals surface area contributed by atoms with Crippen molar-refractivity contribution in [1.29, 1.82) is 0 Å². The molecule has 4 nitrogen and oxygen atoms in total. The summed E-state index contributed by atoms with van der Waals surface area (Å²) in [4.78, 5) is 4.18. The maximum absolute atomic E-state index is 9.20. The van der Waals surface area contributed by atoms with Crippen LogP contribution in [0, 0.1) is 5.92 Å². The summed E-state index contributed by atoms with van der Waals surface area (Å²) in [5.41, 5.74) is 1.24. The van der Waals surface area contributed by atoms with Crippen LogP contribution in [-0.4, -0.2) is 31.2 Å². The Morgan fingerprint density at radius 3 is 2.40 bits per heavy atom. The Kier molecular flexibility index (Phi) is 10.2. The maximum Gasteiger partial charge on any atom is 0.190 e. The molecule has 0 bridgehead atoms. The molecule has 20 heavy (non-hydrogen) atoms. The Morgan fingerprint density at radius 2 is 1.85 bits per heavy atom. The number of guanidine groups is 1. The van der Waals surface area contributed by atoms with Crippen molar-refractivity contribution in [3.63, 3.8) is 0 Å². The largest absolute Gasteiger partial charge is 0.508 e. The molecule has 114 valence electrons. The van der Waals surface area contributed by atoms with E-state index < -0.39 is 0 Å². The van der Waals surface area contributed by atoms with Gasteiger partial charge in [0.2, 0.25) is 0 Å². The van der Waals surface area contributed by atoms with Gasteiger partial charge in [-0.1, -0.05) is 26.0 Å². The fourth-order valence-corrected chi connectivity index (χ4v) is 1.68.